The van der Waals surface area contributed by atoms with Crippen molar-refractivity contribution in [1.29, 1.82) is 0 Å². The Morgan fingerprint density at radius 1 is 1.20 bits per heavy atom. The summed E-state index contributed by atoms with van der Waals surface area (Å²) in [5.41, 5.74) is 3.72. The van der Waals surface area contributed by atoms with Gasteiger partial charge in [0, 0.05) is 30.8 Å². The van der Waals surface area contributed by atoms with E-state index in [-0.39, 0.29) is 6.03 Å². The molecule has 3 aliphatic rings. The predicted octanol–water partition coefficient (Wildman–Crippen LogP) is 2.80. The first kappa shape index (κ1) is 16.9. The van der Waals surface area contributed by atoms with E-state index in [0.717, 1.165) is 44.8 Å². The Morgan fingerprint density at radius 2 is 2.04 bits per heavy atom. The van der Waals surface area contributed by atoms with Crippen LogP contribution in [0, 0.1) is 5.92 Å². The number of urea groups is 1. The molecule has 2 fully saturated rings. The lowest BCUT2D eigenvalue weighted by molar-refractivity contribution is 0.135. The van der Waals surface area contributed by atoms with E-state index in [4.69, 9.17) is 4.74 Å². The number of hydrogen-bond donors (Lipinski definition) is 2. The van der Waals surface area contributed by atoms with Crippen LogP contribution < -0.4 is 10.6 Å². The molecule has 1 aliphatic carbocycles. The van der Waals surface area contributed by atoms with E-state index in [9.17, 15) is 4.79 Å². The summed E-state index contributed by atoms with van der Waals surface area (Å²) < 4.78 is 5.59. The number of benzene rings is 1. The molecule has 2 amide bonds. The third kappa shape index (κ3) is 3.98. The number of carbonyl (C=O) groups is 1. The van der Waals surface area contributed by atoms with E-state index in [1.165, 1.54) is 36.8 Å². The molecular weight excluding hydrogens is 314 g/mol. The second kappa shape index (κ2) is 7.75. The van der Waals surface area contributed by atoms with Crippen molar-refractivity contribution in [3.05, 3.63) is 29.3 Å². The minimum Gasteiger partial charge on any atom is -0.381 e. The van der Waals surface area contributed by atoms with Crippen molar-refractivity contribution in [1.82, 2.24) is 10.2 Å². The molecule has 2 atom stereocenters. The molecule has 25 heavy (non-hydrogen) atoms. The number of nitrogens with one attached hydrogen (secondary N) is 2. The van der Waals surface area contributed by atoms with Gasteiger partial charge in [-0.3, -0.25) is 4.90 Å². The van der Waals surface area contributed by atoms with Crippen LogP contribution in [0.4, 0.5) is 10.5 Å². The number of carbonyl (C=O) groups excluding carboxylic acids is 1. The molecule has 136 valence electrons. The zero-order chi connectivity index (χ0) is 17.1. The number of fused-ring (bicyclic) bond motifs is 1. The second-order valence-electron chi connectivity index (χ2n) is 7.61. The normalized spacial score (nSPS) is 24.2. The molecule has 2 heterocycles. The van der Waals surface area contributed by atoms with E-state index < -0.39 is 0 Å². The Bertz CT molecular complexity index is 591. The Morgan fingerprint density at radius 3 is 2.84 bits per heavy atom. The zero-order valence-corrected chi connectivity index (χ0v) is 14.9. The topological polar surface area (TPSA) is 53.6 Å². The zero-order valence-electron chi connectivity index (χ0n) is 14.9. The van der Waals surface area contributed by atoms with Gasteiger partial charge in [0.2, 0.25) is 0 Å². The van der Waals surface area contributed by atoms with Crippen LogP contribution in [0.25, 0.3) is 0 Å². The lowest BCUT2D eigenvalue weighted by Gasteiger charge is -2.32. The molecule has 2 aliphatic heterocycles. The third-order valence-electron chi connectivity index (χ3n) is 5.95. The van der Waals surface area contributed by atoms with E-state index in [1.54, 1.807) is 0 Å². The molecule has 2 N–H and O–H groups in total. The number of hydrogen-bond acceptors (Lipinski definition) is 3. The van der Waals surface area contributed by atoms with Crippen LogP contribution in [0.1, 0.15) is 36.8 Å². The number of likely N-dealkylation sites (tertiary alicyclic amines) is 1. The van der Waals surface area contributed by atoms with Crippen molar-refractivity contribution in [2.24, 2.45) is 5.92 Å². The molecule has 1 aromatic carbocycles. The summed E-state index contributed by atoms with van der Waals surface area (Å²) in [5, 5.41) is 6.11. The summed E-state index contributed by atoms with van der Waals surface area (Å²) in [6, 6.07) is 6.61. The van der Waals surface area contributed by atoms with Crippen molar-refractivity contribution in [2.45, 2.75) is 44.6 Å². The molecule has 0 unspecified atom stereocenters. The summed E-state index contributed by atoms with van der Waals surface area (Å²) in [4.78, 5) is 14.9. The van der Waals surface area contributed by atoms with E-state index in [1.807, 2.05) is 6.07 Å². The molecule has 0 aromatic heterocycles. The van der Waals surface area contributed by atoms with E-state index in [0.29, 0.717) is 18.5 Å². The van der Waals surface area contributed by atoms with Gasteiger partial charge in [-0.05, 0) is 74.9 Å². The van der Waals surface area contributed by atoms with Crippen LogP contribution in [-0.2, 0) is 17.6 Å². The monoisotopic (exact) mass is 343 g/mol. The highest BCUT2D eigenvalue weighted by Crippen LogP contribution is 2.25. The van der Waals surface area contributed by atoms with E-state index >= 15 is 0 Å². The van der Waals surface area contributed by atoms with Crippen LogP contribution >= 0.6 is 0 Å². The van der Waals surface area contributed by atoms with Crippen molar-refractivity contribution in [3.63, 3.8) is 0 Å². The smallest absolute Gasteiger partial charge is 0.319 e. The van der Waals surface area contributed by atoms with Crippen molar-refractivity contribution >= 4 is 11.7 Å². The average Bonchev–Trinajstić information content (AvgIpc) is 3.37. The molecule has 0 saturated carbocycles. The highest BCUT2D eigenvalue weighted by atomic mass is 16.5. The summed E-state index contributed by atoms with van der Waals surface area (Å²) in [6.45, 7) is 4.68. The molecule has 4 rings (SSSR count). The second-order valence-corrected chi connectivity index (χ2v) is 7.61. The summed E-state index contributed by atoms with van der Waals surface area (Å²) >= 11 is 0. The lowest BCUT2D eigenvalue weighted by atomic mass is 9.97. The maximum atomic E-state index is 12.4. The van der Waals surface area contributed by atoms with Crippen LogP contribution in [0.15, 0.2) is 18.2 Å². The first-order valence-electron chi connectivity index (χ1n) is 9.78. The van der Waals surface area contributed by atoms with Crippen LogP contribution in [0.2, 0.25) is 0 Å². The van der Waals surface area contributed by atoms with Gasteiger partial charge in [-0.15, -0.1) is 0 Å². The van der Waals surface area contributed by atoms with Gasteiger partial charge in [0.25, 0.3) is 0 Å². The predicted molar refractivity (Wildman–Crippen MR) is 99.0 cm³/mol. The number of rotatable bonds is 5. The minimum absolute atomic E-state index is 0.0962. The van der Waals surface area contributed by atoms with Crippen molar-refractivity contribution in [3.8, 4) is 0 Å². The molecule has 5 nitrogen and oxygen atoms in total. The van der Waals surface area contributed by atoms with Gasteiger partial charge < -0.3 is 15.4 Å². The van der Waals surface area contributed by atoms with Crippen LogP contribution in [0.5, 0.6) is 0 Å². The average molecular weight is 343 g/mol. The molecular formula is C20H29N3O2. The fourth-order valence-electron chi connectivity index (χ4n) is 4.55. The summed E-state index contributed by atoms with van der Waals surface area (Å²) in [5.74, 6) is 0.540. The fourth-order valence-corrected chi connectivity index (χ4v) is 4.55. The summed E-state index contributed by atoms with van der Waals surface area (Å²) in [6.07, 6.45) is 7.17. The number of nitrogens with zero attached hydrogens (tertiary/aromatic N) is 1. The fraction of sp³-hybridized carbons (Fsp3) is 0.650. The quantitative estimate of drug-likeness (QED) is 0.864. The number of ether oxygens (including phenoxy) is 1. The SMILES string of the molecule is O=C(NC[C@@H]([C@H]1CCOC1)N1CCCC1)Nc1ccc2c(c1)CCC2. The van der Waals surface area contributed by atoms with Crippen molar-refractivity contribution in [2.75, 3.05) is 38.2 Å². The van der Waals surface area contributed by atoms with Gasteiger partial charge in [-0.25, -0.2) is 4.79 Å². The molecule has 0 bridgehead atoms. The standard InChI is InChI=1S/C20H29N3O2/c24-20(22-18-7-6-15-4-3-5-16(15)12-18)21-13-19(17-8-11-25-14-17)23-9-1-2-10-23/h6-7,12,17,19H,1-5,8-11,13-14H2,(H2,21,22,24)/t17-,19-/m0/s1. The Hall–Kier alpha value is -1.59. The van der Waals surface area contributed by atoms with Gasteiger partial charge in [-0.2, -0.15) is 0 Å². The Balaban J connectivity index is 1.33. The Labute approximate surface area is 150 Å². The van der Waals surface area contributed by atoms with Gasteiger partial charge in [-0.1, -0.05) is 6.07 Å². The lowest BCUT2D eigenvalue weighted by Crippen LogP contribution is -2.48. The van der Waals surface area contributed by atoms with E-state index in [2.05, 4.69) is 27.7 Å². The highest BCUT2D eigenvalue weighted by Gasteiger charge is 2.32. The van der Waals surface area contributed by atoms with Gasteiger partial charge in [0.1, 0.15) is 0 Å². The number of anilines is 1. The number of amides is 2. The van der Waals surface area contributed by atoms with Crippen LogP contribution in [0.3, 0.4) is 0 Å². The maximum Gasteiger partial charge on any atom is 0.319 e. The molecule has 2 saturated heterocycles. The van der Waals surface area contributed by atoms with Crippen molar-refractivity contribution < 1.29 is 9.53 Å². The largest absolute Gasteiger partial charge is 0.381 e. The summed E-state index contributed by atoms with van der Waals surface area (Å²) in [7, 11) is 0. The molecule has 5 heteroatoms. The third-order valence-corrected chi connectivity index (χ3v) is 5.95. The van der Waals surface area contributed by atoms with Gasteiger partial charge in [0.05, 0.1) is 6.61 Å². The molecule has 0 spiro atoms. The minimum atomic E-state index is -0.0962. The molecule has 1 aromatic rings. The Kier molecular flexibility index (Phi) is 5.22. The first-order valence-corrected chi connectivity index (χ1v) is 9.78. The molecule has 0 radical (unpaired) electrons. The first-order chi connectivity index (χ1) is 12.3. The highest BCUT2D eigenvalue weighted by molar-refractivity contribution is 5.89. The van der Waals surface area contributed by atoms with Crippen LogP contribution in [-0.4, -0.2) is 49.8 Å². The van der Waals surface area contributed by atoms with Gasteiger partial charge >= 0.3 is 6.03 Å². The maximum absolute atomic E-state index is 12.4. The van der Waals surface area contributed by atoms with Gasteiger partial charge in [0.15, 0.2) is 0 Å². The number of aryl methyl sites for hydroxylation is 2.